The Kier molecular flexibility index (Phi) is 3.75. The largest absolute Gasteiger partial charge is 0.490 e. The molecule has 0 fully saturated rings. The maximum absolute atomic E-state index is 13.4. The molecule has 0 amide bonds. The average Bonchev–Trinajstić information content (AvgIpc) is 2.19. The summed E-state index contributed by atoms with van der Waals surface area (Å²) >= 11 is 1.34. The van der Waals surface area contributed by atoms with Crippen molar-refractivity contribution in [2.45, 2.75) is 18.7 Å². The van der Waals surface area contributed by atoms with E-state index in [4.69, 9.17) is 4.74 Å². The highest BCUT2D eigenvalue weighted by molar-refractivity contribution is 7.98. The number of thioether (sulfide) groups is 1. The zero-order valence-corrected chi connectivity index (χ0v) is 9.17. The highest BCUT2D eigenvalue weighted by Crippen LogP contribution is 2.33. The lowest BCUT2D eigenvalue weighted by atomic mass is 10.2. The first kappa shape index (κ1) is 11.3. The summed E-state index contributed by atoms with van der Waals surface area (Å²) in [5.74, 6) is -1.70. The van der Waals surface area contributed by atoms with E-state index in [-0.39, 0.29) is 5.75 Å². The lowest BCUT2D eigenvalue weighted by Gasteiger charge is -2.11. The summed E-state index contributed by atoms with van der Waals surface area (Å²) in [6, 6.07) is 1.59. The van der Waals surface area contributed by atoms with Crippen LogP contribution < -0.4 is 4.74 Å². The van der Waals surface area contributed by atoms with Gasteiger partial charge in [-0.3, -0.25) is 0 Å². The second-order valence-corrected chi connectivity index (χ2v) is 3.63. The van der Waals surface area contributed by atoms with Crippen molar-refractivity contribution in [1.29, 1.82) is 0 Å². The van der Waals surface area contributed by atoms with Gasteiger partial charge in [-0.15, -0.1) is 11.8 Å². The molecule has 0 aliphatic rings. The highest BCUT2D eigenvalue weighted by atomic mass is 32.2. The third-order valence-electron chi connectivity index (χ3n) is 1.82. The third kappa shape index (κ3) is 2.00. The van der Waals surface area contributed by atoms with Crippen LogP contribution in [0.4, 0.5) is 8.78 Å². The van der Waals surface area contributed by atoms with Crippen LogP contribution in [0.25, 0.3) is 0 Å². The minimum absolute atomic E-state index is 0.0168. The van der Waals surface area contributed by atoms with Gasteiger partial charge in [-0.05, 0) is 31.7 Å². The van der Waals surface area contributed by atoms with Gasteiger partial charge in [0.05, 0.1) is 11.5 Å². The lowest BCUT2D eigenvalue weighted by molar-refractivity contribution is 0.305. The standard InChI is InChI=1S/C10H12F2OS/c1-4-13-10-7(14-3)5-6(2)8(11)9(10)12/h5H,4H2,1-3H3. The van der Waals surface area contributed by atoms with Crippen molar-refractivity contribution in [3.05, 3.63) is 23.3 Å². The first-order valence-corrected chi connectivity index (χ1v) is 5.49. The molecule has 0 radical (unpaired) electrons. The topological polar surface area (TPSA) is 9.23 Å². The zero-order chi connectivity index (χ0) is 10.7. The van der Waals surface area contributed by atoms with Crippen molar-refractivity contribution >= 4 is 11.8 Å². The Bertz CT molecular complexity index is 339. The summed E-state index contributed by atoms with van der Waals surface area (Å²) in [4.78, 5) is 0.628. The van der Waals surface area contributed by atoms with E-state index in [9.17, 15) is 8.78 Å². The quantitative estimate of drug-likeness (QED) is 0.719. The van der Waals surface area contributed by atoms with Crippen molar-refractivity contribution < 1.29 is 13.5 Å². The first-order chi connectivity index (χ1) is 6.61. The molecule has 0 bridgehead atoms. The van der Waals surface area contributed by atoms with E-state index < -0.39 is 11.6 Å². The molecule has 0 unspecified atom stereocenters. The first-order valence-electron chi connectivity index (χ1n) is 4.27. The number of rotatable bonds is 3. The Morgan fingerprint density at radius 1 is 1.36 bits per heavy atom. The molecule has 0 atom stereocenters. The number of halogens is 2. The molecule has 0 aliphatic carbocycles. The van der Waals surface area contributed by atoms with E-state index in [2.05, 4.69) is 0 Å². The molecule has 1 rings (SSSR count). The van der Waals surface area contributed by atoms with Gasteiger partial charge in [-0.2, -0.15) is 4.39 Å². The molecule has 4 heteroatoms. The maximum atomic E-state index is 13.4. The second kappa shape index (κ2) is 4.64. The van der Waals surface area contributed by atoms with Crippen LogP contribution in [0.3, 0.4) is 0 Å². The van der Waals surface area contributed by atoms with Crippen LogP contribution in [-0.2, 0) is 0 Å². The smallest absolute Gasteiger partial charge is 0.202 e. The summed E-state index contributed by atoms with van der Waals surface area (Å²) in [5.41, 5.74) is 0.301. The molecule has 1 aromatic rings. The monoisotopic (exact) mass is 218 g/mol. The fourth-order valence-corrected chi connectivity index (χ4v) is 1.77. The van der Waals surface area contributed by atoms with Gasteiger partial charge in [0, 0.05) is 0 Å². The van der Waals surface area contributed by atoms with Gasteiger partial charge in [0.2, 0.25) is 5.82 Å². The van der Waals surface area contributed by atoms with E-state index in [0.717, 1.165) is 0 Å². The summed E-state index contributed by atoms with van der Waals surface area (Å²) < 4.78 is 31.6. The summed E-state index contributed by atoms with van der Waals surface area (Å²) in [5, 5.41) is 0. The SMILES string of the molecule is CCOc1c(SC)cc(C)c(F)c1F. The molecular weight excluding hydrogens is 206 g/mol. The van der Waals surface area contributed by atoms with Gasteiger partial charge in [-0.25, -0.2) is 4.39 Å². The molecule has 0 spiro atoms. The van der Waals surface area contributed by atoms with Crippen molar-refractivity contribution in [3.63, 3.8) is 0 Å². The fraction of sp³-hybridized carbons (Fsp3) is 0.400. The maximum Gasteiger partial charge on any atom is 0.202 e. The minimum atomic E-state index is -0.892. The van der Waals surface area contributed by atoms with Gasteiger partial charge in [0.15, 0.2) is 11.6 Å². The minimum Gasteiger partial charge on any atom is -0.490 e. The molecule has 0 heterocycles. The van der Waals surface area contributed by atoms with Crippen molar-refractivity contribution in [3.8, 4) is 5.75 Å². The molecule has 1 nitrogen and oxygen atoms in total. The van der Waals surface area contributed by atoms with Gasteiger partial charge in [0.1, 0.15) is 0 Å². The molecular formula is C10H12F2OS. The van der Waals surface area contributed by atoms with Crippen molar-refractivity contribution in [2.24, 2.45) is 0 Å². The van der Waals surface area contributed by atoms with E-state index in [0.29, 0.717) is 17.1 Å². The van der Waals surface area contributed by atoms with Crippen LogP contribution in [0.5, 0.6) is 5.75 Å². The molecule has 78 valence electrons. The summed E-state index contributed by atoms with van der Waals surface area (Å²) in [6.07, 6.45) is 1.80. The Morgan fingerprint density at radius 2 is 2.00 bits per heavy atom. The lowest BCUT2D eigenvalue weighted by Crippen LogP contribution is -2.00. The van der Waals surface area contributed by atoms with Gasteiger partial charge in [0.25, 0.3) is 0 Å². The van der Waals surface area contributed by atoms with E-state index in [1.54, 1.807) is 19.2 Å². The second-order valence-electron chi connectivity index (χ2n) is 2.79. The molecule has 0 saturated heterocycles. The summed E-state index contributed by atoms with van der Waals surface area (Å²) in [7, 11) is 0. The molecule has 1 aromatic carbocycles. The number of hydrogen-bond donors (Lipinski definition) is 0. The fourth-order valence-electron chi connectivity index (χ4n) is 1.14. The van der Waals surface area contributed by atoms with Crippen LogP contribution >= 0.6 is 11.8 Å². The predicted octanol–water partition coefficient (Wildman–Crippen LogP) is 3.39. The normalized spacial score (nSPS) is 10.4. The van der Waals surface area contributed by atoms with Gasteiger partial charge in [-0.1, -0.05) is 0 Å². The molecule has 14 heavy (non-hydrogen) atoms. The van der Waals surface area contributed by atoms with E-state index in [1.807, 2.05) is 0 Å². The highest BCUT2D eigenvalue weighted by Gasteiger charge is 2.16. The Balaban J connectivity index is 3.29. The van der Waals surface area contributed by atoms with E-state index >= 15 is 0 Å². The number of ether oxygens (including phenoxy) is 1. The Labute approximate surface area is 86.5 Å². The van der Waals surface area contributed by atoms with Crippen LogP contribution in [-0.4, -0.2) is 12.9 Å². The Morgan fingerprint density at radius 3 is 2.50 bits per heavy atom. The molecule has 0 aliphatic heterocycles. The summed E-state index contributed by atoms with van der Waals surface area (Å²) in [6.45, 7) is 3.60. The predicted molar refractivity (Wildman–Crippen MR) is 54.0 cm³/mol. The number of hydrogen-bond acceptors (Lipinski definition) is 2. The number of aryl methyl sites for hydroxylation is 1. The van der Waals surface area contributed by atoms with Crippen LogP contribution in [0.1, 0.15) is 12.5 Å². The molecule has 0 saturated carbocycles. The average molecular weight is 218 g/mol. The van der Waals surface area contributed by atoms with Crippen LogP contribution in [0.2, 0.25) is 0 Å². The van der Waals surface area contributed by atoms with Crippen LogP contribution in [0, 0.1) is 18.6 Å². The zero-order valence-electron chi connectivity index (χ0n) is 8.36. The van der Waals surface area contributed by atoms with Gasteiger partial charge < -0.3 is 4.74 Å². The van der Waals surface area contributed by atoms with Crippen molar-refractivity contribution in [1.82, 2.24) is 0 Å². The van der Waals surface area contributed by atoms with Crippen LogP contribution in [0.15, 0.2) is 11.0 Å². The third-order valence-corrected chi connectivity index (χ3v) is 2.56. The van der Waals surface area contributed by atoms with E-state index in [1.165, 1.54) is 18.7 Å². The molecule has 0 aromatic heterocycles. The van der Waals surface area contributed by atoms with Crippen molar-refractivity contribution in [2.75, 3.05) is 12.9 Å². The van der Waals surface area contributed by atoms with Gasteiger partial charge >= 0.3 is 0 Å². The molecule has 0 N–H and O–H groups in total. The Hall–Kier alpha value is -0.770. The number of benzene rings is 1.